The van der Waals surface area contributed by atoms with Crippen molar-refractivity contribution in [2.75, 3.05) is 7.11 Å². The number of rotatable bonds is 6. The van der Waals surface area contributed by atoms with E-state index in [1.54, 1.807) is 13.0 Å². The highest BCUT2D eigenvalue weighted by atomic mass is 16.6. The highest BCUT2D eigenvalue weighted by molar-refractivity contribution is 5.72. The van der Waals surface area contributed by atoms with Crippen molar-refractivity contribution in [1.82, 2.24) is 0 Å². The van der Waals surface area contributed by atoms with Crippen molar-refractivity contribution in [3.63, 3.8) is 0 Å². The van der Waals surface area contributed by atoms with E-state index in [4.69, 9.17) is 9.47 Å². The first-order valence-electron chi connectivity index (χ1n) is 6.74. The molecule has 0 amide bonds. The van der Waals surface area contributed by atoms with Crippen LogP contribution in [-0.2, 0) is 23.8 Å². The maximum atomic E-state index is 11.2. The molecule has 0 saturated carbocycles. The van der Waals surface area contributed by atoms with Crippen molar-refractivity contribution in [3.05, 3.63) is 24.3 Å². The second-order valence-corrected chi connectivity index (χ2v) is 5.01. The van der Waals surface area contributed by atoms with Gasteiger partial charge in [0, 0.05) is 13.3 Å². The van der Waals surface area contributed by atoms with E-state index in [2.05, 4.69) is 11.3 Å². The molecular weight excluding hydrogens is 276 g/mol. The molecule has 0 unspecified atom stereocenters. The van der Waals surface area contributed by atoms with Crippen LogP contribution in [0, 0.1) is 0 Å². The first-order chi connectivity index (χ1) is 9.87. The Morgan fingerprint density at radius 1 is 1.48 bits per heavy atom. The first kappa shape index (κ1) is 17.4. The van der Waals surface area contributed by atoms with Crippen molar-refractivity contribution >= 4 is 11.9 Å². The number of ether oxygens (including phenoxy) is 3. The number of hydrogen-bond acceptors (Lipinski definition) is 6. The molecule has 6 heteroatoms. The van der Waals surface area contributed by atoms with Gasteiger partial charge in [-0.25, -0.2) is 0 Å². The molecule has 1 heterocycles. The van der Waals surface area contributed by atoms with Crippen LogP contribution in [-0.4, -0.2) is 48.6 Å². The molecule has 1 rings (SSSR count). The maximum absolute atomic E-state index is 11.2. The zero-order chi connectivity index (χ0) is 16.0. The van der Waals surface area contributed by atoms with E-state index in [1.807, 2.05) is 0 Å². The third-order valence-electron chi connectivity index (χ3n) is 3.19. The molecule has 21 heavy (non-hydrogen) atoms. The Balaban J connectivity index is 2.74. The molecular formula is C15H22O6. The summed E-state index contributed by atoms with van der Waals surface area (Å²) < 4.78 is 15.3. The molecule has 0 bridgehead atoms. The lowest BCUT2D eigenvalue weighted by molar-refractivity contribution is -0.151. The summed E-state index contributed by atoms with van der Waals surface area (Å²) in [6.07, 6.45) is 1.19. The Bertz CT molecular complexity index is 428. The van der Waals surface area contributed by atoms with Crippen LogP contribution in [0.3, 0.4) is 0 Å². The zero-order valence-electron chi connectivity index (χ0n) is 12.6. The summed E-state index contributed by atoms with van der Waals surface area (Å²) in [5.41, 5.74) is 0.654. The minimum absolute atomic E-state index is 0.0867. The van der Waals surface area contributed by atoms with Gasteiger partial charge in [-0.2, -0.15) is 0 Å². The fourth-order valence-electron chi connectivity index (χ4n) is 2.23. The number of carbonyl (C=O) groups excluding carboxylic acids is 2. The van der Waals surface area contributed by atoms with Gasteiger partial charge in [-0.15, -0.1) is 6.58 Å². The zero-order valence-corrected chi connectivity index (χ0v) is 12.6. The van der Waals surface area contributed by atoms with Crippen LogP contribution >= 0.6 is 0 Å². The predicted octanol–water partition coefficient (Wildman–Crippen LogP) is 1.13. The molecule has 0 aliphatic carbocycles. The van der Waals surface area contributed by atoms with Gasteiger partial charge < -0.3 is 19.3 Å². The van der Waals surface area contributed by atoms with E-state index >= 15 is 0 Å². The van der Waals surface area contributed by atoms with E-state index in [1.165, 1.54) is 20.1 Å². The average Bonchev–Trinajstić information content (AvgIpc) is 2.80. The van der Waals surface area contributed by atoms with Gasteiger partial charge in [0.15, 0.2) is 0 Å². The second kappa shape index (κ2) is 7.95. The average molecular weight is 298 g/mol. The number of methoxy groups -OCH3 is 1. The van der Waals surface area contributed by atoms with Crippen LogP contribution in [0.25, 0.3) is 0 Å². The van der Waals surface area contributed by atoms with E-state index in [0.29, 0.717) is 12.0 Å². The van der Waals surface area contributed by atoms with Gasteiger partial charge in [-0.3, -0.25) is 9.59 Å². The van der Waals surface area contributed by atoms with E-state index in [0.717, 1.165) is 0 Å². The number of hydrogen-bond donors (Lipinski definition) is 1. The number of aliphatic hydroxyl groups excluding tert-OH is 1. The maximum Gasteiger partial charge on any atom is 0.309 e. The summed E-state index contributed by atoms with van der Waals surface area (Å²) in [5.74, 6) is -0.815. The van der Waals surface area contributed by atoms with Crippen molar-refractivity contribution in [2.45, 2.75) is 51.1 Å². The number of esters is 2. The quantitative estimate of drug-likeness (QED) is 0.585. The van der Waals surface area contributed by atoms with Crippen molar-refractivity contribution in [3.8, 4) is 0 Å². The Labute approximate surface area is 124 Å². The molecule has 0 spiro atoms. The van der Waals surface area contributed by atoms with Crippen LogP contribution in [0.5, 0.6) is 0 Å². The van der Waals surface area contributed by atoms with Crippen molar-refractivity contribution < 1.29 is 28.9 Å². The van der Waals surface area contributed by atoms with Gasteiger partial charge in [0.05, 0.1) is 19.6 Å². The predicted molar refractivity (Wildman–Crippen MR) is 75.4 cm³/mol. The van der Waals surface area contributed by atoms with E-state index < -0.39 is 24.3 Å². The van der Waals surface area contributed by atoms with Gasteiger partial charge in [-0.1, -0.05) is 17.7 Å². The molecule has 0 radical (unpaired) electrons. The van der Waals surface area contributed by atoms with Gasteiger partial charge in [0.2, 0.25) is 0 Å². The van der Waals surface area contributed by atoms with Gasteiger partial charge >= 0.3 is 11.9 Å². The first-order valence-corrected chi connectivity index (χ1v) is 6.74. The fraction of sp³-hybridized carbons (Fsp3) is 0.600. The summed E-state index contributed by atoms with van der Waals surface area (Å²) >= 11 is 0. The Hall–Kier alpha value is -1.66. The van der Waals surface area contributed by atoms with Gasteiger partial charge in [0.25, 0.3) is 0 Å². The lowest BCUT2D eigenvalue weighted by Crippen LogP contribution is -2.36. The highest BCUT2D eigenvalue weighted by Gasteiger charge is 2.39. The number of carbonyl (C=O) groups is 2. The Morgan fingerprint density at radius 3 is 2.67 bits per heavy atom. The largest absolute Gasteiger partial charge is 0.469 e. The van der Waals surface area contributed by atoms with Crippen LogP contribution < -0.4 is 0 Å². The molecule has 118 valence electrons. The van der Waals surface area contributed by atoms with Crippen LogP contribution in [0.1, 0.15) is 26.7 Å². The number of aliphatic hydroxyl groups is 1. The molecule has 0 aromatic rings. The van der Waals surface area contributed by atoms with Crippen molar-refractivity contribution in [2.24, 2.45) is 0 Å². The van der Waals surface area contributed by atoms with Crippen molar-refractivity contribution in [1.29, 1.82) is 0 Å². The minimum atomic E-state index is -0.982. The highest BCUT2D eigenvalue weighted by Crippen LogP contribution is 2.27. The normalized spacial score (nSPS) is 27.0. The summed E-state index contributed by atoms with van der Waals surface area (Å²) in [7, 11) is 1.30. The van der Waals surface area contributed by atoms with Gasteiger partial charge in [-0.05, 0) is 6.92 Å². The summed E-state index contributed by atoms with van der Waals surface area (Å²) in [6.45, 7) is 6.66. The molecule has 6 nitrogen and oxygen atoms in total. The van der Waals surface area contributed by atoms with E-state index in [-0.39, 0.29) is 18.5 Å². The van der Waals surface area contributed by atoms with E-state index in [9.17, 15) is 14.7 Å². The van der Waals surface area contributed by atoms with Crippen LogP contribution in [0.15, 0.2) is 24.3 Å². The molecule has 1 saturated heterocycles. The third kappa shape index (κ3) is 5.32. The third-order valence-corrected chi connectivity index (χ3v) is 3.19. The SMILES string of the molecule is C=C[C@@H]1C[C@@H](OC(C)=O)[C@@H]([C@H](O)/C=C(\C)CC(=O)OC)O1. The minimum Gasteiger partial charge on any atom is -0.469 e. The van der Waals surface area contributed by atoms with Gasteiger partial charge in [0.1, 0.15) is 18.3 Å². The Morgan fingerprint density at radius 2 is 2.14 bits per heavy atom. The molecule has 0 aromatic heterocycles. The molecule has 1 fully saturated rings. The summed E-state index contributed by atoms with van der Waals surface area (Å²) in [5, 5.41) is 10.2. The topological polar surface area (TPSA) is 82.1 Å². The standard InChI is InChI=1S/C15H22O6/c1-5-11-8-13(20-10(3)16)15(21-11)12(17)6-9(2)7-14(18)19-4/h5-6,11-13,15,17H,1,7-8H2,2-4H3/b9-6+/t11-,12-,13-,15-/m1/s1. The molecule has 1 aliphatic heterocycles. The summed E-state index contributed by atoms with van der Waals surface area (Å²) in [4.78, 5) is 22.3. The monoisotopic (exact) mass is 298 g/mol. The fourth-order valence-corrected chi connectivity index (χ4v) is 2.23. The second-order valence-electron chi connectivity index (χ2n) is 5.01. The Kier molecular flexibility index (Phi) is 6.58. The molecule has 4 atom stereocenters. The lowest BCUT2D eigenvalue weighted by Gasteiger charge is -2.22. The molecule has 1 N–H and O–H groups in total. The lowest BCUT2D eigenvalue weighted by atomic mass is 10.0. The molecule has 0 aromatic carbocycles. The van der Waals surface area contributed by atoms with Crippen LogP contribution in [0.4, 0.5) is 0 Å². The summed E-state index contributed by atoms with van der Waals surface area (Å²) in [6, 6.07) is 0. The van der Waals surface area contributed by atoms with Crippen LogP contribution in [0.2, 0.25) is 0 Å². The molecule has 1 aliphatic rings. The smallest absolute Gasteiger partial charge is 0.309 e.